The molecule has 0 spiro atoms. The second kappa shape index (κ2) is 8.60. The van der Waals surface area contributed by atoms with Gasteiger partial charge in [0.2, 0.25) is 0 Å². The van der Waals surface area contributed by atoms with E-state index in [9.17, 15) is 0 Å². The molecular formula is C16H23NO. The summed E-state index contributed by atoms with van der Waals surface area (Å²) in [6, 6.07) is 8.55. The van der Waals surface area contributed by atoms with E-state index in [0.717, 1.165) is 38.0 Å². The smallest absolute Gasteiger partial charge is 0.123 e. The molecule has 0 heterocycles. The number of rotatable bonds is 8. The average molecular weight is 245 g/mol. The van der Waals surface area contributed by atoms with E-state index in [-0.39, 0.29) is 0 Å². The first-order chi connectivity index (χ1) is 8.83. The molecular weight excluding hydrogens is 222 g/mol. The molecule has 0 aliphatic heterocycles. The van der Waals surface area contributed by atoms with Crippen molar-refractivity contribution in [2.75, 3.05) is 13.7 Å². The van der Waals surface area contributed by atoms with Crippen LogP contribution in [0.1, 0.15) is 44.2 Å². The van der Waals surface area contributed by atoms with Crippen LogP contribution in [-0.4, -0.2) is 13.7 Å². The predicted octanol–water partition coefficient (Wildman–Crippen LogP) is 3.54. The molecule has 0 saturated carbocycles. The number of nitrogens with one attached hydrogen (secondary N) is 1. The minimum Gasteiger partial charge on any atom is -0.496 e. The molecule has 1 aromatic carbocycles. The highest BCUT2D eigenvalue weighted by Gasteiger charge is 2.12. The summed E-state index contributed by atoms with van der Waals surface area (Å²) in [6.07, 6.45) is 9.37. The monoisotopic (exact) mass is 245 g/mol. The molecule has 18 heavy (non-hydrogen) atoms. The minimum absolute atomic E-state index is 0.354. The van der Waals surface area contributed by atoms with Crippen LogP contribution >= 0.6 is 0 Å². The van der Waals surface area contributed by atoms with Gasteiger partial charge in [0.25, 0.3) is 0 Å². The van der Waals surface area contributed by atoms with Gasteiger partial charge < -0.3 is 10.1 Å². The number of benzene rings is 1. The first kappa shape index (κ1) is 14.6. The van der Waals surface area contributed by atoms with E-state index in [2.05, 4.69) is 30.3 Å². The van der Waals surface area contributed by atoms with Gasteiger partial charge in [-0.2, -0.15) is 0 Å². The SMILES string of the molecule is C#CCCCCNC(CC)c1ccccc1OC. The van der Waals surface area contributed by atoms with Crippen molar-refractivity contribution < 1.29 is 4.74 Å². The Bertz CT molecular complexity index is 381. The topological polar surface area (TPSA) is 21.3 Å². The Morgan fingerprint density at radius 1 is 1.33 bits per heavy atom. The normalized spacial score (nSPS) is 11.8. The van der Waals surface area contributed by atoms with Crippen LogP contribution in [0.5, 0.6) is 5.75 Å². The van der Waals surface area contributed by atoms with Crippen molar-refractivity contribution in [3.05, 3.63) is 29.8 Å². The average Bonchev–Trinajstić information content (AvgIpc) is 2.43. The zero-order valence-electron chi connectivity index (χ0n) is 11.4. The Morgan fingerprint density at radius 3 is 2.78 bits per heavy atom. The fourth-order valence-electron chi connectivity index (χ4n) is 2.06. The number of methoxy groups -OCH3 is 1. The van der Waals surface area contributed by atoms with Crippen LogP contribution in [0, 0.1) is 12.3 Å². The summed E-state index contributed by atoms with van der Waals surface area (Å²) < 4.78 is 5.41. The summed E-state index contributed by atoms with van der Waals surface area (Å²) in [5.41, 5.74) is 1.24. The third kappa shape index (κ3) is 4.43. The van der Waals surface area contributed by atoms with Crippen molar-refractivity contribution in [2.45, 2.75) is 38.6 Å². The summed E-state index contributed by atoms with van der Waals surface area (Å²) >= 11 is 0. The van der Waals surface area contributed by atoms with Crippen LogP contribution in [0.3, 0.4) is 0 Å². The molecule has 2 heteroatoms. The fourth-order valence-corrected chi connectivity index (χ4v) is 2.06. The predicted molar refractivity (Wildman–Crippen MR) is 76.7 cm³/mol. The maximum atomic E-state index is 5.41. The van der Waals surface area contributed by atoms with Gasteiger partial charge in [-0.15, -0.1) is 12.3 Å². The molecule has 1 rings (SSSR count). The van der Waals surface area contributed by atoms with E-state index in [1.165, 1.54) is 5.56 Å². The molecule has 1 atom stereocenters. The van der Waals surface area contributed by atoms with Gasteiger partial charge in [0, 0.05) is 18.0 Å². The summed E-state index contributed by atoms with van der Waals surface area (Å²) in [5.74, 6) is 3.63. The maximum absolute atomic E-state index is 5.41. The molecule has 2 nitrogen and oxygen atoms in total. The zero-order valence-corrected chi connectivity index (χ0v) is 11.4. The second-order valence-electron chi connectivity index (χ2n) is 4.32. The van der Waals surface area contributed by atoms with E-state index >= 15 is 0 Å². The molecule has 0 amide bonds. The molecule has 0 saturated heterocycles. The minimum atomic E-state index is 0.354. The highest BCUT2D eigenvalue weighted by Crippen LogP contribution is 2.26. The van der Waals surface area contributed by atoms with Crippen LogP contribution in [-0.2, 0) is 0 Å². The molecule has 98 valence electrons. The Kier molecular flexibility index (Phi) is 6.98. The van der Waals surface area contributed by atoms with Gasteiger partial charge in [-0.3, -0.25) is 0 Å². The van der Waals surface area contributed by atoms with E-state index in [1.54, 1.807) is 7.11 Å². The van der Waals surface area contributed by atoms with Gasteiger partial charge in [-0.25, -0.2) is 0 Å². The van der Waals surface area contributed by atoms with Crippen molar-refractivity contribution in [1.29, 1.82) is 0 Å². The molecule has 0 aliphatic carbocycles. The lowest BCUT2D eigenvalue weighted by Gasteiger charge is -2.19. The van der Waals surface area contributed by atoms with Crippen molar-refractivity contribution in [3.63, 3.8) is 0 Å². The van der Waals surface area contributed by atoms with Gasteiger partial charge in [-0.1, -0.05) is 25.1 Å². The molecule has 1 aromatic rings. The van der Waals surface area contributed by atoms with Crippen molar-refractivity contribution >= 4 is 0 Å². The van der Waals surface area contributed by atoms with Gasteiger partial charge in [0.05, 0.1) is 7.11 Å². The molecule has 1 unspecified atom stereocenters. The Hall–Kier alpha value is -1.46. The van der Waals surface area contributed by atoms with Crippen molar-refractivity contribution in [1.82, 2.24) is 5.32 Å². The number of hydrogen-bond donors (Lipinski definition) is 1. The van der Waals surface area contributed by atoms with E-state index in [4.69, 9.17) is 11.2 Å². The largest absolute Gasteiger partial charge is 0.496 e. The number of terminal acetylenes is 1. The Morgan fingerprint density at radius 2 is 2.11 bits per heavy atom. The lowest BCUT2D eigenvalue weighted by Crippen LogP contribution is -2.22. The standard InChI is InChI=1S/C16H23NO/c1-4-6-7-10-13-17-15(5-2)14-11-8-9-12-16(14)18-3/h1,8-9,11-12,15,17H,5-7,10,13H2,2-3H3. The second-order valence-corrected chi connectivity index (χ2v) is 4.32. The van der Waals surface area contributed by atoms with Gasteiger partial charge >= 0.3 is 0 Å². The first-order valence-corrected chi connectivity index (χ1v) is 6.63. The Labute approximate surface area is 111 Å². The van der Waals surface area contributed by atoms with Gasteiger partial charge in [-0.05, 0) is 31.9 Å². The summed E-state index contributed by atoms with van der Waals surface area (Å²) in [4.78, 5) is 0. The first-order valence-electron chi connectivity index (χ1n) is 6.63. The molecule has 0 fully saturated rings. The number of para-hydroxylation sites is 1. The highest BCUT2D eigenvalue weighted by atomic mass is 16.5. The third-order valence-corrected chi connectivity index (χ3v) is 3.06. The summed E-state index contributed by atoms with van der Waals surface area (Å²) in [7, 11) is 1.72. The lowest BCUT2D eigenvalue weighted by atomic mass is 10.0. The van der Waals surface area contributed by atoms with E-state index < -0.39 is 0 Å². The van der Waals surface area contributed by atoms with Crippen LogP contribution < -0.4 is 10.1 Å². The van der Waals surface area contributed by atoms with Crippen LogP contribution in [0.15, 0.2) is 24.3 Å². The lowest BCUT2D eigenvalue weighted by molar-refractivity contribution is 0.396. The number of hydrogen-bond acceptors (Lipinski definition) is 2. The molecule has 0 radical (unpaired) electrons. The van der Waals surface area contributed by atoms with Gasteiger partial charge in [0.15, 0.2) is 0 Å². The molecule has 0 aromatic heterocycles. The van der Waals surface area contributed by atoms with E-state index in [1.807, 2.05) is 12.1 Å². The fraction of sp³-hybridized carbons (Fsp3) is 0.500. The van der Waals surface area contributed by atoms with Crippen molar-refractivity contribution in [3.8, 4) is 18.1 Å². The quantitative estimate of drug-likeness (QED) is 0.559. The highest BCUT2D eigenvalue weighted by molar-refractivity contribution is 5.35. The molecule has 0 aliphatic rings. The Balaban J connectivity index is 2.52. The van der Waals surface area contributed by atoms with Gasteiger partial charge in [0.1, 0.15) is 5.75 Å². The zero-order chi connectivity index (χ0) is 13.2. The summed E-state index contributed by atoms with van der Waals surface area (Å²) in [5, 5.41) is 3.57. The van der Waals surface area contributed by atoms with Crippen LogP contribution in [0.2, 0.25) is 0 Å². The molecule has 1 N–H and O–H groups in total. The third-order valence-electron chi connectivity index (χ3n) is 3.06. The summed E-state index contributed by atoms with van der Waals surface area (Å²) in [6.45, 7) is 3.18. The van der Waals surface area contributed by atoms with E-state index in [0.29, 0.717) is 6.04 Å². The van der Waals surface area contributed by atoms with Crippen molar-refractivity contribution in [2.24, 2.45) is 0 Å². The number of unbranched alkanes of at least 4 members (excludes halogenated alkanes) is 2. The van der Waals surface area contributed by atoms with Crippen LogP contribution in [0.25, 0.3) is 0 Å². The molecule has 0 bridgehead atoms. The number of ether oxygens (including phenoxy) is 1. The van der Waals surface area contributed by atoms with Crippen LogP contribution in [0.4, 0.5) is 0 Å². The maximum Gasteiger partial charge on any atom is 0.123 e.